The van der Waals surface area contributed by atoms with Crippen LogP contribution in [0.5, 0.6) is 0 Å². The van der Waals surface area contributed by atoms with E-state index in [1.165, 1.54) is 12.5 Å². The number of fused-ring (bicyclic) bond motifs is 7. The zero-order chi connectivity index (χ0) is 47.4. The Balaban J connectivity index is 1.04. The molecule has 0 aromatic carbocycles. The van der Waals surface area contributed by atoms with Crippen LogP contribution in [0.1, 0.15) is 127 Å². The fourth-order valence-corrected chi connectivity index (χ4v) is 15.0. The molecule has 4 saturated carbocycles. The zero-order valence-corrected chi connectivity index (χ0v) is 40.0. The standard InChI is InChI=1S/C49H80O16/c1-10-59-43(58)49-19-17-44(3,4)21-26(49)25-11-12-30-46(7)15-14-31(45(5,6)29(46)13-16-48(30,9)47(25,8)18-20-49)64-42-39(65-40-37(56)35(54)32(51)24(2)61-40)34(53)28(23-60-42)63-41-38(57)36(55)33(52)27(22-50)62-41/h11,24,26-42,50-57H,10,12-23H2,1-9H3/t24-,26?,27+,28-,29?,30?,31?,32-,33+,34-,35+,36-,37+,38+,39+,40-,41+,42-,46-,47+,48+,49-/m0/s1. The second kappa shape index (κ2) is 17.8. The van der Waals surface area contributed by atoms with Crippen molar-refractivity contribution in [3.05, 3.63) is 11.6 Å². The molecule has 8 N–H and O–H groups in total. The normalized spacial score (nSPS) is 52.8. The van der Waals surface area contributed by atoms with Crippen molar-refractivity contribution in [3.8, 4) is 0 Å². The van der Waals surface area contributed by atoms with Crippen molar-refractivity contribution in [2.24, 2.45) is 50.2 Å². The molecule has 3 heterocycles. The van der Waals surface area contributed by atoms with E-state index in [0.717, 1.165) is 57.8 Å². The molecule has 0 spiro atoms. The Morgan fingerprint density at radius 2 is 1.38 bits per heavy atom. The van der Waals surface area contributed by atoms with E-state index in [9.17, 15) is 45.6 Å². The number of allylic oxidation sites excluding steroid dienone is 2. The van der Waals surface area contributed by atoms with Crippen molar-refractivity contribution in [2.45, 2.75) is 219 Å². The number of ether oxygens (including phenoxy) is 7. The highest BCUT2D eigenvalue weighted by Gasteiger charge is 2.70. The molecule has 16 nitrogen and oxygen atoms in total. The topological polar surface area (TPSA) is 244 Å². The van der Waals surface area contributed by atoms with Crippen LogP contribution in [0, 0.1) is 50.2 Å². The third-order valence-electron chi connectivity index (χ3n) is 19.2. The number of rotatable bonds is 9. The van der Waals surface area contributed by atoms with Gasteiger partial charge in [-0.1, -0.05) is 60.1 Å². The van der Waals surface area contributed by atoms with E-state index in [0.29, 0.717) is 18.9 Å². The van der Waals surface area contributed by atoms with Gasteiger partial charge in [-0.15, -0.1) is 0 Å². The van der Waals surface area contributed by atoms with Crippen LogP contribution in [0.4, 0.5) is 0 Å². The van der Waals surface area contributed by atoms with Crippen LogP contribution in [0.2, 0.25) is 0 Å². The highest BCUT2D eigenvalue weighted by atomic mass is 16.8. The third-order valence-corrected chi connectivity index (χ3v) is 19.2. The minimum absolute atomic E-state index is 0.00385. The highest BCUT2D eigenvalue weighted by molar-refractivity contribution is 5.78. The minimum Gasteiger partial charge on any atom is -0.466 e. The highest BCUT2D eigenvalue weighted by Crippen LogP contribution is 2.76. The molecule has 16 heteroatoms. The van der Waals surface area contributed by atoms with Crippen LogP contribution in [0.15, 0.2) is 11.6 Å². The lowest BCUT2D eigenvalue weighted by atomic mass is 9.33. The van der Waals surface area contributed by atoms with Crippen LogP contribution in [0.3, 0.4) is 0 Å². The van der Waals surface area contributed by atoms with Crippen LogP contribution in [-0.4, -0.2) is 159 Å². The first-order valence-corrected chi connectivity index (χ1v) is 24.5. The summed E-state index contributed by atoms with van der Waals surface area (Å²) >= 11 is 0. The van der Waals surface area contributed by atoms with Gasteiger partial charge < -0.3 is 74.0 Å². The van der Waals surface area contributed by atoms with Gasteiger partial charge in [0, 0.05) is 0 Å². The average molecular weight is 925 g/mol. The average Bonchev–Trinajstić information content (AvgIpc) is 3.25. The smallest absolute Gasteiger partial charge is 0.312 e. The van der Waals surface area contributed by atoms with Gasteiger partial charge in [0.1, 0.15) is 61.0 Å². The first-order valence-electron chi connectivity index (χ1n) is 24.5. The van der Waals surface area contributed by atoms with Gasteiger partial charge in [0.25, 0.3) is 0 Å². The molecule has 0 radical (unpaired) electrons. The molecule has 3 saturated heterocycles. The van der Waals surface area contributed by atoms with Gasteiger partial charge in [0.2, 0.25) is 0 Å². The predicted molar refractivity (Wildman–Crippen MR) is 232 cm³/mol. The van der Waals surface area contributed by atoms with Gasteiger partial charge in [-0.25, -0.2) is 0 Å². The molecule has 65 heavy (non-hydrogen) atoms. The largest absolute Gasteiger partial charge is 0.466 e. The molecule has 0 aromatic heterocycles. The summed E-state index contributed by atoms with van der Waals surface area (Å²) in [7, 11) is 0. The van der Waals surface area contributed by atoms with Crippen molar-refractivity contribution < 1.29 is 78.8 Å². The number of hydrogen-bond donors (Lipinski definition) is 8. The Bertz CT molecular complexity index is 1760. The summed E-state index contributed by atoms with van der Waals surface area (Å²) in [5.74, 6) is 0.774. The van der Waals surface area contributed by atoms with Gasteiger partial charge in [0.15, 0.2) is 18.9 Å². The monoisotopic (exact) mass is 925 g/mol. The van der Waals surface area contributed by atoms with Crippen molar-refractivity contribution in [3.63, 3.8) is 0 Å². The van der Waals surface area contributed by atoms with Crippen molar-refractivity contribution in [1.82, 2.24) is 0 Å². The maximum atomic E-state index is 14.0. The van der Waals surface area contributed by atoms with Gasteiger partial charge in [-0.3, -0.25) is 4.79 Å². The molecular weight excluding hydrogens is 845 g/mol. The second-order valence-corrected chi connectivity index (χ2v) is 23.4. The summed E-state index contributed by atoms with van der Waals surface area (Å²) in [4.78, 5) is 14.0. The summed E-state index contributed by atoms with van der Waals surface area (Å²) in [6, 6.07) is 0. The number of esters is 1. The molecule has 8 aliphatic rings. The summed E-state index contributed by atoms with van der Waals surface area (Å²) in [6.45, 7) is 19.6. The molecule has 8 rings (SSSR count). The molecule has 372 valence electrons. The molecule has 5 aliphatic carbocycles. The number of aliphatic hydroxyl groups is 8. The second-order valence-electron chi connectivity index (χ2n) is 23.4. The molecule has 0 bridgehead atoms. The number of carbonyl (C=O) groups is 1. The quantitative estimate of drug-likeness (QED) is 0.0942. The van der Waals surface area contributed by atoms with E-state index in [1.807, 2.05) is 6.92 Å². The van der Waals surface area contributed by atoms with Gasteiger partial charge in [-0.05, 0) is 123 Å². The zero-order valence-electron chi connectivity index (χ0n) is 40.0. The Kier molecular flexibility index (Phi) is 13.7. The fraction of sp³-hybridized carbons (Fsp3) is 0.939. The lowest BCUT2D eigenvalue weighted by Crippen LogP contribution is -2.66. The molecule has 22 atom stereocenters. The SMILES string of the molecule is CCOC(=O)[C@]12CCC(C)(C)CC1C1=CCC3[C@@]4(C)CCC(O[C@@H]5OC[C@H](O[C@H]6O[C@H](CO)[C@@H](O)[C@H](O)[C@H]6O)[C@H](O)[C@H]5O[C@@H]5O[C@@H](C)[C@H](O)[C@@H](O)[C@H]5O)C(C)(C)C4CC[C@@]3(C)[C@]1(C)CC2. The van der Waals surface area contributed by atoms with E-state index in [4.69, 9.17) is 33.2 Å². The van der Waals surface area contributed by atoms with Crippen molar-refractivity contribution >= 4 is 5.97 Å². The lowest BCUT2D eigenvalue weighted by Gasteiger charge is -2.71. The molecule has 7 fully saturated rings. The maximum Gasteiger partial charge on any atom is 0.312 e. The molecular formula is C49H80O16. The van der Waals surface area contributed by atoms with E-state index in [-0.39, 0.29) is 52.2 Å². The maximum absolute atomic E-state index is 14.0. The molecule has 0 aromatic rings. The van der Waals surface area contributed by atoms with Gasteiger partial charge >= 0.3 is 5.97 Å². The van der Waals surface area contributed by atoms with Gasteiger partial charge in [-0.2, -0.15) is 0 Å². The van der Waals surface area contributed by atoms with Crippen molar-refractivity contribution in [1.29, 1.82) is 0 Å². The Morgan fingerprint density at radius 3 is 2.06 bits per heavy atom. The third kappa shape index (κ3) is 8.01. The van der Waals surface area contributed by atoms with Crippen LogP contribution in [0.25, 0.3) is 0 Å². The molecule has 4 unspecified atom stereocenters. The summed E-state index contributed by atoms with van der Waals surface area (Å²) in [6.07, 6.45) is -9.19. The van der Waals surface area contributed by atoms with Gasteiger partial charge in [0.05, 0.1) is 37.4 Å². The van der Waals surface area contributed by atoms with Crippen LogP contribution < -0.4 is 0 Å². The molecule has 3 aliphatic heterocycles. The fourth-order valence-electron chi connectivity index (χ4n) is 15.0. The Labute approximate surface area is 384 Å². The van der Waals surface area contributed by atoms with E-state index >= 15 is 0 Å². The van der Waals surface area contributed by atoms with Crippen LogP contribution in [-0.2, 0) is 38.0 Å². The lowest BCUT2D eigenvalue weighted by molar-refractivity contribution is -0.380. The van der Waals surface area contributed by atoms with E-state index in [2.05, 4.69) is 54.5 Å². The Hall–Kier alpha value is -1.35. The molecule has 0 amide bonds. The van der Waals surface area contributed by atoms with Crippen molar-refractivity contribution in [2.75, 3.05) is 19.8 Å². The summed E-state index contributed by atoms with van der Waals surface area (Å²) in [5.41, 5.74) is 0.623. The predicted octanol–water partition coefficient (Wildman–Crippen LogP) is 2.85. The number of aliphatic hydroxyl groups excluding tert-OH is 8. The first kappa shape index (κ1) is 50.1. The first-order chi connectivity index (χ1) is 30.4. The summed E-state index contributed by atoms with van der Waals surface area (Å²) in [5, 5.41) is 85.4. The van der Waals surface area contributed by atoms with Crippen LogP contribution >= 0.6 is 0 Å². The number of hydrogen-bond acceptors (Lipinski definition) is 16. The van der Waals surface area contributed by atoms with E-state index in [1.54, 1.807) is 0 Å². The van der Waals surface area contributed by atoms with E-state index < -0.39 is 103 Å². The Morgan fingerprint density at radius 1 is 0.723 bits per heavy atom. The summed E-state index contributed by atoms with van der Waals surface area (Å²) < 4.78 is 42.7. The minimum atomic E-state index is -1.74. The number of carbonyl (C=O) groups excluding carboxylic acids is 1.